The van der Waals surface area contributed by atoms with Gasteiger partial charge in [0.15, 0.2) is 0 Å². The molecular formula is C13H24ClN3. The minimum atomic E-state index is 0.473. The number of hydrogen-bond donors (Lipinski definition) is 1. The summed E-state index contributed by atoms with van der Waals surface area (Å²) in [5, 5.41) is 8.70. The monoisotopic (exact) mass is 257 g/mol. The molecule has 2 atom stereocenters. The van der Waals surface area contributed by atoms with E-state index in [1.54, 1.807) is 0 Å². The SMILES string of the molecule is Cc1nn(C)c(CC(C)C(C)NC(C)C)c1Cl. The Morgan fingerprint density at radius 3 is 2.29 bits per heavy atom. The molecule has 1 heterocycles. The smallest absolute Gasteiger partial charge is 0.0847 e. The molecule has 0 fully saturated rings. The molecule has 0 spiro atoms. The number of rotatable bonds is 5. The normalized spacial score (nSPS) is 15.3. The van der Waals surface area contributed by atoms with Gasteiger partial charge in [-0.3, -0.25) is 4.68 Å². The summed E-state index contributed by atoms with van der Waals surface area (Å²) >= 11 is 6.26. The van der Waals surface area contributed by atoms with Gasteiger partial charge >= 0.3 is 0 Å². The standard InChI is InChI=1S/C13H24ClN3/c1-8(2)15-10(4)9(3)7-12-13(14)11(5)16-17(12)6/h8-10,15H,7H2,1-6H3. The Balaban J connectivity index is 2.70. The van der Waals surface area contributed by atoms with E-state index in [4.69, 9.17) is 11.6 Å². The molecule has 0 bridgehead atoms. The molecule has 1 rings (SSSR count). The molecule has 3 nitrogen and oxygen atoms in total. The van der Waals surface area contributed by atoms with Gasteiger partial charge in [-0.25, -0.2) is 0 Å². The van der Waals surface area contributed by atoms with Gasteiger partial charge in [0.25, 0.3) is 0 Å². The average Bonchev–Trinajstić information content (AvgIpc) is 2.44. The van der Waals surface area contributed by atoms with E-state index in [1.165, 1.54) is 0 Å². The number of nitrogens with one attached hydrogen (secondary N) is 1. The summed E-state index contributed by atoms with van der Waals surface area (Å²) in [5.41, 5.74) is 2.05. The summed E-state index contributed by atoms with van der Waals surface area (Å²) in [6.07, 6.45) is 0.955. The Kier molecular flexibility index (Phi) is 5.02. The third-order valence-electron chi connectivity index (χ3n) is 3.23. The van der Waals surface area contributed by atoms with Crippen molar-refractivity contribution in [2.75, 3.05) is 0 Å². The maximum Gasteiger partial charge on any atom is 0.0847 e. The summed E-state index contributed by atoms with van der Waals surface area (Å²) in [6, 6.07) is 0.984. The summed E-state index contributed by atoms with van der Waals surface area (Å²) < 4.78 is 1.90. The third-order valence-corrected chi connectivity index (χ3v) is 3.72. The molecule has 0 aliphatic heterocycles. The summed E-state index contributed by atoms with van der Waals surface area (Å²) in [7, 11) is 1.96. The second-order valence-electron chi connectivity index (χ2n) is 5.26. The Bertz CT molecular complexity index is 371. The van der Waals surface area contributed by atoms with Crippen LogP contribution in [0.2, 0.25) is 5.02 Å². The van der Waals surface area contributed by atoms with Crippen LogP contribution in [-0.4, -0.2) is 21.9 Å². The Hall–Kier alpha value is -0.540. The van der Waals surface area contributed by atoms with Crippen molar-refractivity contribution in [1.29, 1.82) is 0 Å². The van der Waals surface area contributed by atoms with E-state index in [1.807, 2.05) is 18.7 Å². The fourth-order valence-electron chi connectivity index (χ4n) is 2.07. The van der Waals surface area contributed by atoms with Gasteiger partial charge in [0.1, 0.15) is 0 Å². The largest absolute Gasteiger partial charge is 0.312 e. The Labute approximate surface area is 110 Å². The highest BCUT2D eigenvalue weighted by molar-refractivity contribution is 6.31. The number of aryl methyl sites for hydroxylation is 2. The average molecular weight is 258 g/mol. The predicted octanol–water partition coefficient (Wildman–Crippen LogP) is 2.95. The second-order valence-corrected chi connectivity index (χ2v) is 5.64. The number of hydrogen-bond acceptors (Lipinski definition) is 2. The Morgan fingerprint density at radius 2 is 1.88 bits per heavy atom. The maximum atomic E-state index is 6.26. The van der Waals surface area contributed by atoms with Crippen molar-refractivity contribution in [2.24, 2.45) is 13.0 Å². The van der Waals surface area contributed by atoms with Gasteiger partial charge in [0.2, 0.25) is 0 Å². The molecule has 2 unspecified atom stereocenters. The van der Waals surface area contributed by atoms with Crippen molar-refractivity contribution < 1.29 is 0 Å². The van der Waals surface area contributed by atoms with Crippen LogP contribution in [0.25, 0.3) is 0 Å². The first-order chi connectivity index (χ1) is 7.82. The van der Waals surface area contributed by atoms with Gasteiger partial charge in [0, 0.05) is 19.1 Å². The lowest BCUT2D eigenvalue weighted by Crippen LogP contribution is -2.38. The van der Waals surface area contributed by atoms with Crippen molar-refractivity contribution in [3.8, 4) is 0 Å². The third kappa shape index (κ3) is 3.71. The van der Waals surface area contributed by atoms with Crippen molar-refractivity contribution in [3.05, 3.63) is 16.4 Å². The van der Waals surface area contributed by atoms with Crippen LogP contribution in [-0.2, 0) is 13.5 Å². The molecule has 1 aromatic heterocycles. The number of aromatic nitrogens is 2. The molecule has 17 heavy (non-hydrogen) atoms. The summed E-state index contributed by atoms with van der Waals surface area (Å²) in [5.74, 6) is 0.532. The van der Waals surface area contributed by atoms with Gasteiger partial charge in [-0.2, -0.15) is 5.10 Å². The van der Waals surface area contributed by atoms with Crippen LogP contribution in [0.4, 0.5) is 0 Å². The molecule has 4 heteroatoms. The van der Waals surface area contributed by atoms with Crippen LogP contribution < -0.4 is 5.32 Å². The molecule has 0 radical (unpaired) electrons. The Morgan fingerprint density at radius 1 is 1.29 bits per heavy atom. The maximum absolute atomic E-state index is 6.26. The van der Waals surface area contributed by atoms with Crippen LogP contribution >= 0.6 is 11.6 Å². The van der Waals surface area contributed by atoms with E-state index >= 15 is 0 Å². The number of nitrogens with zero attached hydrogens (tertiary/aromatic N) is 2. The molecule has 0 aliphatic rings. The van der Waals surface area contributed by atoms with Crippen LogP contribution in [0.3, 0.4) is 0 Å². The van der Waals surface area contributed by atoms with Crippen molar-refractivity contribution in [3.63, 3.8) is 0 Å². The van der Waals surface area contributed by atoms with Crippen LogP contribution in [0.1, 0.15) is 39.1 Å². The topological polar surface area (TPSA) is 29.9 Å². The molecular weight excluding hydrogens is 234 g/mol. The van der Waals surface area contributed by atoms with Gasteiger partial charge in [-0.15, -0.1) is 0 Å². The minimum absolute atomic E-state index is 0.473. The molecule has 0 aliphatic carbocycles. The first-order valence-electron chi connectivity index (χ1n) is 6.27. The summed E-state index contributed by atoms with van der Waals surface area (Å²) in [4.78, 5) is 0. The van der Waals surface area contributed by atoms with E-state index in [9.17, 15) is 0 Å². The first-order valence-corrected chi connectivity index (χ1v) is 6.64. The molecule has 0 saturated heterocycles. The van der Waals surface area contributed by atoms with Crippen LogP contribution in [0.15, 0.2) is 0 Å². The van der Waals surface area contributed by atoms with E-state index in [-0.39, 0.29) is 0 Å². The van der Waals surface area contributed by atoms with Gasteiger partial charge in [-0.1, -0.05) is 32.4 Å². The minimum Gasteiger partial charge on any atom is -0.312 e. The zero-order valence-corrected chi connectivity index (χ0v) is 12.5. The fraction of sp³-hybridized carbons (Fsp3) is 0.769. The predicted molar refractivity (Wildman–Crippen MR) is 73.6 cm³/mol. The lowest BCUT2D eigenvalue weighted by atomic mass is 9.97. The first kappa shape index (κ1) is 14.5. The quantitative estimate of drug-likeness (QED) is 0.879. The van der Waals surface area contributed by atoms with E-state index < -0.39 is 0 Å². The molecule has 0 aromatic carbocycles. The zero-order chi connectivity index (χ0) is 13.2. The van der Waals surface area contributed by atoms with Gasteiger partial charge in [-0.05, 0) is 26.2 Å². The van der Waals surface area contributed by atoms with Crippen LogP contribution in [0.5, 0.6) is 0 Å². The number of halogens is 1. The second kappa shape index (κ2) is 5.87. The molecule has 1 N–H and O–H groups in total. The van der Waals surface area contributed by atoms with E-state index in [0.717, 1.165) is 22.8 Å². The van der Waals surface area contributed by atoms with Crippen molar-refractivity contribution in [1.82, 2.24) is 15.1 Å². The molecule has 0 amide bonds. The van der Waals surface area contributed by atoms with Crippen LogP contribution in [0, 0.1) is 12.8 Å². The molecule has 1 aromatic rings. The highest BCUT2D eigenvalue weighted by Crippen LogP contribution is 2.23. The molecule has 0 saturated carbocycles. The van der Waals surface area contributed by atoms with Crippen molar-refractivity contribution >= 4 is 11.6 Å². The van der Waals surface area contributed by atoms with E-state index in [0.29, 0.717) is 18.0 Å². The lowest BCUT2D eigenvalue weighted by molar-refractivity contribution is 0.366. The zero-order valence-electron chi connectivity index (χ0n) is 11.7. The van der Waals surface area contributed by atoms with E-state index in [2.05, 4.69) is 38.1 Å². The lowest BCUT2D eigenvalue weighted by Gasteiger charge is -2.23. The highest BCUT2D eigenvalue weighted by Gasteiger charge is 2.18. The van der Waals surface area contributed by atoms with Crippen molar-refractivity contribution in [2.45, 2.75) is 53.1 Å². The van der Waals surface area contributed by atoms with Gasteiger partial charge in [0.05, 0.1) is 16.4 Å². The van der Waals surface area contributed by atoms with Gasteiger partial charge < -0.3 is 5.32 Å². The summed E-state index contributed by atoms with van der Waals surface area (Å²) in [6.45, 7) is 10.8. The fourth-order valence-corrected chi connectivity index (χ4v) is 2.31. The highest BCUT2D eigenvalue weighted by atomic mass is 35.5. The molecule has 98 valence electrons.